The van der Waals surface area contributed by atoms with Crippen LogP contribution >= 0.6 is 15.9 Å². The normalized spacial score (nSPS) is 22.2. The Labute approximate surface area is 101 Å². The molecular weight excluding hydrogens is 250 g/mol. The summed E-state index contributed by atoms with van der Waals surface area (Å²) in [6.45, 7) is 7.87. The number of alkyl halides is 1. The molecule has 0 aliphatic carbocycles. The van der Waals surface area contributed by atoms with E-state index in [1.54, 1.807) is 0 Å². The monoisotopic (exact) mass is 267 g/mol. The Morgan fingerprint density at radius 1 is 1.33 bits per heavy atom. The Morgan fingerprint density at radius 3 is 2.73 bits per heavy atom. The van der Waals surface area contributed by atoms with Crippen molar-refractivity contribution < 1.29 is 0 Å². The van der Waals surface area contributed by atoms with Gasteiger partial charge in [0.05, 0.1) is 0 Å². The minimum absolute atomic E-state index is 0.698. The van der Waals surface area contributed by atoms with E-state index in [0.29, 0.717) is 4.83 Å². The van der Waals surface area contributed by atoms with E-state index < -0.39 is 0 Å². The van der Waals surface area contributed by atoms with Gasteiger partial charge in [-0.3, -0.25) is 4.90 Å². The smallest absolute Gasteiger partial charge is 0.0285 e. The zero-order chi connectivity index (χ0) is 10.8. The van der Waals surface area contributed by atoms with Crippen LogP contribution in [0.1, 0.15) is 23.1 Å². The lowest BCUT2D eigenvalue weighted by Crippen LogP contribution is -2.20. The highest BCUT2D eigenvalue weighted by Gasteiger charge is 2.19. The van der Waals surface area contributed by atoms with Crippen LogP contribution in [0, 0.1) is 13.8 Å². The first-order valence-corrected chi connectivity index (χ1v) is 6.49. The summed E-state index contributed by atoms with van der Waals surface area (Å²) in [5.41, 5.74) is 4.24. The van der Waals surface area contributed by atoms with Crippen molar-refractivity contribution >= 4 is 15.9 Å². The maximum atomic E-state index is 3.68. The molecule has 1 aromatic carbocycles. The molecule has 1 atom stereocenters. The van der Waals surface area contributed by atoms with Crippen LogP contribution in [0.15, 0.2) is 18.2 Å². The fraction of sp³-hybridized carbons (Fsp3) is 0.538. The third-order valence-corrected chi connectivity index (χ3v) is 3.94. The van der Waals surface area contributed by atoms with E-state index in [0.717, 1.165) is 6.54 Å². The third-order valence-electron chi connectivity index (χ3n) is 3.19. The number of aryl methyl sites for hydroxylation is 2. The van der Waals surface area contributed by atoms with Gasteiger partial charge in [0.2, 0.25) is 0 Å². The SMILES string of the molecule is Cc1ccc(CN2CCC(Br)C2)cc1C. The molecule has 0 spiro atoms. The molecular formula is C13H18BrN. The van der Waals surface area contributed by atoms with Crippen LogP contribution in [0.5, 0.6) is 0 Å². The van der Waals surface area contributed by atoms with Crippen molar-refractivity contribution in [1.82, 2.24) is 4.90 Å². The molecule has 82 valence electrons. The van der Waals surface area contributed by atoms with Crippen LogP contribution in [0.25, 0.3) is 0 Å². The molecule has 1 saturated heterocycles. The van der Waals surface area contributed by atoms with E-state index in [2.05, 4.69) is 52.9 Å². The number of nitrogens with zero attached hydrogens (tertiary/aromatic N) is 1. The summed E-state index contributed by atoms with van der Waals surface area (Å²) in [7, 11) is 0. The van der Waals surface area contributed by atoms with Gasteiger partial charge in [0.15, 0.2) is 0 Å². The largest absolute Gasteiger partial charge is 0.298 e. The van der Waals surface area contributed by atoms with Gasteiger partial charge in [-0.15, -0.1) is 0 Å². The molecule has 1 fully saturated rings. The molecule has 1 heterocycles. The highest BCUT2D eigenvalue weighted by Crippen LogP contribution is 2.19. The average Bonchev–Trinajstić information content (AvgIpc) is 2.58. The Kier molecular flexibility index (Phi) is 3.47. The average molecular weight is 268 g/mol. The van der Waals surface area contributed by atoms with Crippen LogP contribution in [0.4, 0.5) is 0 Å². The van der Waals surface area contributed by atoms with Gasteiger partial charge in [-0.1, -0.05) is 34.1 Å². The van der Waals surface area contributed by atoms with E-state index in [9.17, 15) is 0 Å². The van der Waals surface area contributed by atoms with Crippen LogP contribution in [0.3, 0.4) is 0 Å². The number of hydrogen-bond acceptors (Lipinski definition) is 1. The first-order chi connectivity index (χ1) is 7.15. The topological polar surface area (TPSA) is 3.24 Å². The minimum Gasteiger partial charge on any atom is -0.298 e. The molecule has 0 bridgehead atoms. The van der Waals surface area contributed by atoms with Gasteiger partial charge in [-0.05, 0) is 43.5 Å². The van der Waals surface area contributed by atoms with Gasteiger partial charge in [0, 0.05) is 17.9 Å². The third kappa shape index (κ3) is 2.82. The van der Waals surface area contributed by atoms with Crippen LogP contribution < -0.4 is 0 Å². The summed E-state index contributed by atoms with van der Waals surface area (Å²) in [6, 6.07) is 6.80. The Bertz CT molecular complexity index is 348. The Morgan fingerprint density at radius 2 is 2.13 bits per heavy atom. The summed E-state index contributed by atoms with van der Waals surface area (Å²) in [5.74, 6) is 0. The van der Waals surface area contributed by atoms with E-state index in [4.69, 9.17) is 0 Å². The molecule has 0 amide bonds. The second-order valence-corrected chi connectivity index (χ2v) is 5.83. The molecule has 15 heavy (non-hydrogen) atoms. The Hall–Kier alpha value is -0.340. The molecule has 2 rings (SSSR count). The molecule has 1 aliphatic heterocycles. The number of rotatable bonds is 2. The fourth-order valence-corrected chi connectivity index (χ4v) is 2.70. The second kappa shape index (κ2) is 4.67. The van der Waals surface area contributed by atoms with Crippen molar-refractivity contribution in [2.45, 2.75) is 31.6 Å². The molecule has 1 aliphatic rings. The molecule has 0 radical (unpaired) electrons. The zero-order valence-corrected chi connectivity index (χ0v) is 11.0. The van der Waals surface area contributed by atoms with Gasteiger partial charge >= 0.3 is 0 Å². The number of benzene rings is 1. The highest BCUT2D eigenvalue weighted by molar-refractivity contribution is 9.09. The van der Waals surface area contributed by atoms with Gasteiger partial charge in [0.1, 0.15) is 0 Å². The van der Waals surface area contributed by atoms with E-state index in [-0.39, 0.29) is 0 Å². The summed E-state index contributed by atoms with van der Waals surface area (Å²) in [5, 5.41) is 0. The fourth-order valence-electron chi connectivity index (χ4n) is 2.09. The number of likely N-dealkylation sites (tertiary alicyclic amines) is 1. The van der Waals surface area contributed by atoms with Crippen molar-refractivity contribution in [3.63, 3.8) is 0 Å². The minimum atomic E-state index is 0.698. The summed E-state index contributed by atoms with van der Waals surface area (Å²) >= 11 is 3.68. The summed E-state index contributed by atoms with van der Waals surface area (Å²) in [4.78, 5) is 3.22. The first-order valence-electron chi connectivity index (χ1n) is 5.57. The molecule has 0 N–H and O–H groups in total. The molecule has 0 aromatic heterocycles. The van der Waals surface area contributed by atoms with E-state index >= 15 is 0 Å². The number of halogens is 1. The predicted molar refractivity (Wildman–Crippen MR) is 68.5 cm³/mol. The zero-order valence-electron chi connectivity index (χ0n) is 9.46. The standard InChI is InChI=1S/C13H18BrN/c1-10-3-4-12(7-11(10)2)8-15-6-5-13(14)9-15/h3-4,7,13H,5-6,8-9H2,1-2H3. The van der Waals surface area contributed by atoms with Crippen LogP contribution in [0.2, 0.25) is 0 Å². The van der Waals surface area contributed by atoms with Crippen LogP contribution in [-0.4, -0.2) is 22.8 Å². The second-order valence-electron chi connectivity index (χ2n) is 4.54. The maximum absolute atomic E-state index is 3.68. The lowest BCUT2D eigenvalue weighted by molar-refractivity contribution is 0.332. The van der Waals surface area contributed by atoms with E-state index in [1.807, 2.05) is 0 Å². The number of hydrogen-bond donors (Lipinski definition) is 0. The van der Waals surface area contributed by atoms with Crippen molar-refractivity contribution in [3.8, 4) is 0 Å². The molecule has 1 unspecified atom stereocenters. The van der Waals surface area contributed by atoms with E-state index in [1.165, 1.54) is 36.2 Å². The maximum Gasteiger partial charge on any atom is 0.0285 e. The highest BCUT2D eigenvalue weighted by atomic mass is 79.9. The predicted octanol–water partition coefficient (Wildman–Crippen LogP) is 3.27. The van der Waals surface area contributed by atoms with Gasteiger partial charge in [-0.2, -0.15) is 0 Å². The lowest BCUT2D eigenvalue weighted by Gasteiger charge is -2.15. The van der Waals surface area contributed by atoms with Gasteiger partial charge in [-0.25, -0.2) is 0 Å². The van der Waals surface area contributed by atoms with Crippen LogP contribution in [-0.2, 0) is 6.54 Å². The Balaban J connectivity index is 2.02. The van der Waals surface area contributed by atoms with Gasteiger partial charge < -0.3 is 0 Å². The lowest BCUT2D eigenvalue weighted by atomic mass is 10.1. The van der Waals surface area contributed by atoms with Crippen molar-refractivity contribution in [2.75, 3.05) is 13.1 Å². The molecule has 1 aromatic rings. The summed E-state index contributed by atoms with van der Waals surface area (Å²) < 4.78 is 0. The van der Waals surface area contributed by atoms with Crippen molar-refractivity contribution in [1.29, 1.82) is 0 Å². The van der Waals surface area contributed by atoms with Gasteiger partial charge in [0.25, 0.3) is 0 Å². The molecule has 1 nitrogen and oxygen atoms in total. The first kappa shape index (κ1) is 11.2. The van der Waals surface area contributed by atoms with Crippen molar-refractivity contribution in [3.05, 3.63) is 34.9 Å². The molecule has 2 heteroatoms. The summed E-state index contributed by atoms with van der Waals surface area (Å²) in [6.07, 6.45) is 1.28. The molecule has 0 saturated carbocycles. The quantitative estimate of drug-likeness (QED) is 0.744. The van der Waals surface area contributed by atoms with Crippen molar-refractivity contribution in [2.24, 2.45) is 0 Å².